The second-order valence-electron chi connectivity index (χ2n) is 11.7. The molecule has 7 aromatic carbocycles. The maximum absolute atomic E-state index is 9.12. The molecule has 46 heavy (non-hydrogen) atoms. The number of para-hydroxylation sites is 5. The van der Waals surface area contributed by atoms with Crippen molar-refractivity contribution in [2.75, 3.05) is 14.7 Å². The number of hydrogen-bond acceptors (Lipinski definition) is 3. The molecule has 4 heteroatoms. The minimum atomic E-state index is 0.00248. The van der Waals surface area contributed by atoms with Gasteiger partial charge in [-0.25, -0.2) is 0 Å². The third-order valence-electron chi connectivity index (χ3n) is 9.13. The largest absolute Gasteiger partial charge is 0.311 e. The van der Waals surface area contributed by atoms with Crippen molar-refractivity contribution in [1.29, 1.82) is 0 Å². The van der Waals surface area contributed by atoms with Gasteiger partial charge in [0.15, 0.2) is 0 Å². The summed E-state index contributed by atoms with van der Waals surface area (Å²) >= 11 is 0. The van der Waals surface area contributed by atoms with Gasteiger partial charge in [-0.2, -0.15) is 0 Å². The van der Waals surface area contributed by atoms with Crippen molar-refractivity contribution < 1.29 is 1.37 Å². The molecule has 0 radical (unpaired) electrons. The average molecular weight is 589 g/mol. The SMILES string of the molecule is [2H]c1cc2c3c(c1)N(c1ccccc1)c1cc(N(c4ccccc4)c4ccccc4)ccc1B3c1ccccc1N2c1ccccc1. The van der Waals surface area contributed by atoms with Crippen LogP contribution in [0.1, 0.15) is 1.37 Å². The molecule has 0 saturated carbocycles. The highest BCUT2D eigenvalue weighted by atomic mass is 15.2. The summed E-state index contributed by atoms with van der Waals surface area (Å²) in [5, 5.41) is 0. The standard InChI is InChI=1S/C42H30BN3/c1-5-16-31(17-6-1)44(32-18-7-2-8-19-32)35-28-29-37-41(30-35)46(34-22-11-4-12-23-34)40-27-15-26-39-42(40)43(37)36-24-13-14-25-38(36)45(39)33-20-9-3-10-21-33/h1-30H/i15D. The molecule has 0 N–H and O–H groups in total. The summed E-state index contributed by atoms with van der Waals surface area (Å²) in [6.45, 7) is 0.00248. The number of hydrogen-bond donors (Lipinski definition) is 0. The average Bonchev–Trinajstić information content (AvgIpc) is 3.13. The van der Waals surface area contributed by atoms with Gasteiger partial charge in [0.2, 0.25) is 0 Å². The minimum absolute atomic E-state index is 0.00248. The zero-order valence-electron chi connectivity index (χ0n) is 26.2. The van der Waals surface area contributed by atoms with Crippen molar-refractivity contribution in [3.63, 3.8) is 0 Å². The molecule has 0 bridgehead atoms. The Hall–Kier alpha value is -6.00. The molecule has 0 spiro atoms. The first-order chi connectivity index (χ1) is 23.3. The van der Waals surface area contributed by atoms with Gasteiger partial charge in [0.05, 0.1) is 1.37 Å². The minimum Gasteiger partial charge on any atom is -0.311 e. The van der Waals surface area contributed by atoms with E-state index in [2.05, 4.69) is 178 Å². The molecule has 2 heterocycles. The van der Waals surface area contributed by atoms with Crippen LogP contribution in [0, 0.1) is 0 Å². The molecule has 3 nitrogen and oxygen atoms in total. The highest BCUT2D eigenvalue weighted by Crippen LogP contribution is 2.45. The zero-order chi connectivity index (χ0) is 31.3. The summed E-state index contributed by atoms with van der Waals surface area (Å²) < 4.78 is 9.12. The molecule has 7 aromatic rings. The third-order valence-corrected chi connectivity index (χ3v) is 9.13. The Kier molecular flexibility index (Phi) is 5.99. The second kappa shape index (κ2) is 10.9. The number of benzene rings is 7. The molecule has 9 rings (SSSR count). The van der Waals surface area contributed by atoms with Crippen LogP contribution in [-0.2, 0) is 0 Å². The molecule has 0 aliphatic carbocycles. The van der Waals surface area contributed by atoms with Crippen molar-refractivity contribution in [2.45, 2.75) is 0 Å². The van der Waals surface area contributed by atoms with Gasteiger partial charge in [-0.15, -0.1) is 0 Å². The summed E-state index contributed by atoms with van der Waals surface area (Å²) in [6, 6.07) is 62.4. The molecule has 0 fully saturated rings. The number of fused-ring (bicyclic) bond motifs is 4. The first-order valence-corrected chi connectivity index (χ1v) is 15.7. The van der Waals surface area contributed by atoms with Gasteiger partial charge in [0, 0.05) is 51.2 Å². The van der Waals surface area contributed by atoms with Crippen LogP contribution >= 0.6 is 0 Å². The van der Waals surface area contributed by atoms with Crippen LogP contribution in [0.15, 0.2) is 182 Å². The fraction of sp³-hybridized carbons (Fsp3) is 0. The van der Waals surface area contributed by atoms with Crippen LogP contribution in [0.25, 0.3) is 0 Å². The lowest BCUT2D eigenvalue weighted by atomic mass is 9.33. The van der Waals surface area contributed by atoms with E-state index >= 15 is 0 Å². The summed E-state index contributed by atoms with van der Waals surface area (Å²) in [7, 11) is 0. The summed E-state index contributed by atoms with van der Waals surface area (Å²) in [5.41, 5.74) is 13.5. The summed E-state index contributed by atoms with van der Waals surface area (Å²) in [4.78, 5) is 7.01. The Morgan fingerprint density at radius 2 is 0.891 bits per heavy atom. The van der Waals surface area contributed by atoms with E-state index in [4.69, 9.17) is 1.37 Å². The van der Waals surface area contributed by atoms with Crippen molar-refractivity contribution in [2.24, 2.45) is 0 Å². The highest BCUT2D eigenvalue weighted by Gasteiger charge is 2.43. The van der Waals surface area contributed by atoms with Crippen LogP contribution in [0.3, 0.4) is 0 Å². The third kappa shape index (κ3) is 4.15. The predicted molar refractivity (Wildman–Crippen MR) is 195 cm³/mol. The van der Waals surface area contributed by atoms with Gasteiger partial charge in [-0.3, -0.25) is 0 Å². The molecule has 0 aromatic heterocycles. The fourth-order valence-corrected chi connectivity index (χ4v) is 7.25. The van der Waals surface area contributed by atoms with Crippen LogP contribution in [-0.4, -0.2) is 6.71 Å². The van der Waals surface area contributed by atoms with Crippen molar-refractivity contribution >= 4 is 74.3 Å². The van der Waals surface area contributed by atoms with E-state index in [0.29, 0.717) is 6.04 Å². The van der Waals surface area contributed by atoms with Crippen molar-refractivity contribution in [3.8, 4) is 0 Å². The maximum atomic E-state index is 9.12. The quantitative estimate of drug-likeness (QED) is 0.186. The lowest BCUT2D eigenvalue weighted by Crippen LogP contribution is -2.61. The maximum Gasteiger partial charge on any atom is 0.252 e. The molecule has 0 amide bonds. The highest BCUT2D eigenvalue weighted by molar-refractivity contribution is 7.00. The molecule has 216 valence electrons. The van der Waals surface area contributed by atoms with E-state index in [9.17, 15) is 0 Å². The van der Waals surface area contributed by atoms with Crippen LogP contribution < -0.4 is 31.1 Å². The van der Waals surface area contributed by atoms with E-state index in [0.717, 1.165) is 51.2 Å². The van der Waals surface area contributed by atoms with Crippen LogP contribution in [0.2, 0.25) is 0 Å². The van der Waals surface area contributed by atoms with Crippen LogP contribution in [0.5, 0.6) is 0 Å². The molecule has 2 aliphatic heterocycles. The predicted octanol–water partition coefficient (Wildman–Crippen LogP) is 9.24. The van der Waals surface area contributed by atoms with E-state index in [1.54, 1.807) is 0 Å². The molecule has 2 aliphatic rings. The Balaban J connectivity index is 1.34. The Bertz CT molecular complexity index is 2190. The lowest BCUT2D eigenvalue weighted by Gasteiger charge is -2.44. The topological polar surface area (TPSA) is 9.72 Å². The van der Waals surface area contributed by atoms with Gasteiger partial charge in [0.1, 0.15) is 0 Å². The van der Waals surface area contributed by atoms with Crippen molar-refractivity contribution in [3.05, 3.63) is 182 Å². The Labute approximate surface area is 271 Å². The molecular weight excluding hydrogens is 557 g/mol. The lowest BCUT2D eigenvalue weighted by molar-refractivity contribution is 1.24. The number of anilines is 9. The number of rotatable bonds is 5. The smallest absolute Gasteiger partial charge is 0.252 e. The van der Waals surface area contributed by atoms with Gasteiger partial charge >= 0.3 is 0 Å². The van der Waals surface area contributed by atoms with E-state index in [-0.39, 0.29) is 6.71 Å². The normalized spacial score (nSPS) is 13.0. The van der Waals surface area contributed by atoms with E-state index in [1.807, 2.05) is 12.1 Å². The molecule has 0 atom stereocenters. The monoisotopic (exact) mass is 588 g/mol. The first kappa shape index (κ1) is 25.3. The van der Waals surface area contributed by atoms with E-state index in [1.165, 1.54) is 16.4 Å². The first-order valence-electron chi connectivity index (χ1n) is 16.2. The van der Waals surface area contributed by atoms with Gasteiger partial charge in [0.25, 0.3) is 6.71 Å². The summed E-state index contributed by atoms with van der Waals surface area (Å²) in [5.74, 6) is 0. The molecule has 0 saturated heterocycles. The van der Waals surface area contributed by atoms with Crippen LogP contribution in [0.4, 0.5) is 51.2 Å². The Morgan fingerprint density at radius 3 is 1.48 bits per heavy atom. The second-order valence-corrected chi connectivity index (χ2v) is 11.7. The Morgan fingerprint density at radius 1 is 0.413 bits per heavy atom. The fourth-order valence-electron chi connectivity index (χ4n) is 7.25. The molecule has 0 unspecified atom stereocenters. The summed E-state index contributed by atoms with van der Waals surface area (Å²) in [6.07, 6.45) is 0. The zero-order valence-corrected chi connectivity index (χ0v) is 25.2. The van der Waals surface area contributed by atoms with Gasteiger partial charge < -0.3 is 14.7 Å². The van der Waals surface area contributed by atoms with Gasteiger partial charge in [-0.1, -0.05) is 103 Å². The van der Waals surface area contributed by atoms with E-state index < -0.39 is 0 Å². The number of nitrogens with zero attached hydrogens (tertiary/aromatic N) is 3. The van der Waals surface area contributed by atoms with Gasteiger partial charge in [-0.05, 0) is 95.3 Å². The van der Waals surface area contributed by atoms with Crippen molar-refractivity contribution in [1.82, 2.24) is 0 Å². The molecular formula is C42H30BN3.